The summed E-state index contributed by atoms with van der Waals surface area (Å²) in [5, 5.41) is 17.8. The normalized spacial score (nSPS) is 31.1. The van der Waals surface area contributed by atoms with Gasteiger partial charge in [0.2, 0.25) is 0 Å². The fraction of sp³-hybridized carbons (Fsp3) is 1.00. The van der Waals surface area contributed by atoms with Crippen LogP contribution in [0.1, 0.15) is 32.1 Å². The minimum Gasteiger partial charge on any atom is -0.394 e. The molecule has 0 amide bonds. The van der Waals surface area contributed by atoms with Crippen molar-refractivity contribution in [3.8, 4) is 0 Å². The Morgan fingerprint density at radius 2 is 2.00 bits per heavy atom. The summed E-state index contributed by atoms with van der Waals surface area (Å²) >= 11 is 0. The minimum atomic E-state index is -0.773. The predicted octanol–water partition coefficient (Wildman–Crippen LogP) is 0.0162. The molecular weight excluding hydrogens is 182 g/mol. The lowest BCUT2D eigenvalue weighted by atomic mass is 10.1. The number of ether oxygens (including phenoxy) is 1. The van der Waals surface area contributed by atoms with Gasteiger partial charge in [-0.15, -0.1) is 0 Å². The van der Waals surface area contributed by atoms with E-state index in [2.05, 4.69) is 0 Å². The molecule has 4 N–H and O–H groups in total. The molecule has 1 rings (SSSR count). The van der Waals surface area contributed by atoms with E-state index in [0.717, 1.165) is 19.3 Å². The third kappa shape index (κ3) is 3.92. The highest BCUT2D eigenvalue weighted by Crippen LogP contribution is 2.19. The van der Waals surface area contributed by atoms with Gasteiger partial charge in [-0.2, -0.15) is 0 Å². The van der Waals surface area contributed by atoms with Gasteiger partial charge in [-0.25, -0.2) is 0 Å². The van der Waals surface area contributed by atoms with Crippen LogP contribution in [0.3, 0.4) is 0 Å². The molecule has 1 saturated carbocycles. The predicted molar refractivity (Wildman–Crippen MR) is 53.9 cm³/mol. The third-order valence-electron chi connectivity index (χ3n) is 2.72. The molecule has 0 heterocycles. The molecule has 4 heteroatoms. The van der Waals surface area contributed by atoms with Crippen molar-refractivity contribution >= 4 is 0 Å². The molecule has 3 atom stereocenters. The van der Waals surface area contributed by atoms with Crippen LogP contribution in [0.2, 0.25) is 0 Å². The van der Waals surface area contributed by atoms with E-state index < -0.39 is 6.10 Å². The molecule has 0 aromatic rings. The highest BCUT2D eigenvalue weighted by atomic mass is 16.5. The van der Waals surface area contributed by atoms with Gasteiger partial charge in [0.25, 0.3) is 0 Å². The maximum atomic E-state index is 9.13. The van der Waals surface area contributed by atoms with Gasteiger partial charge in [-0.05, 0) is 12.8 Å². The van der Waals surface area contributed by atoms with Crippen LogP contribution in [0.15, 0.2) is 0 Å². The Hall–Kier alpha value is -0.160. The van der Waals surface area contributed by atoms with Crippen molar-refractivity contribution in [2.45, 2.75) is 50.4 Å². The molecule has 0 spiro atoms. The SMILES string of the molecule is NC1CCCCCC1OCC(O)CO. The number of hydrogen-bond donors (Lipinski definition) is 3. The van der Waals surface area contributed by atoms with Crippen molar-refractivity contribution in [1.82, 2.24) is 0 Å². The van der Waals surface area contributed by atoms with E-state index >= 15 is 0 Å². The first kappa shape index (κ1) is 11.9. The number of aliphatic hydroxyl groups is 2. The van der Waals surface area contributed by atoms with Gasteiger partial charge in [0.1, 0.15) is 6.10 Å². The lowest BCUT2D eigenvalue weighted by molar-refractivity contribution is -0.0385. The third-order valence-corrected chi connectivity index (χ3v) is 2.72. The largest absolute Gasteiger partial charge is 0.394 e. The molecule has 0 aromatic carbocycles. The molecule has 3 unspecified atom stereocenters. The molecule has 0 bridgehead atoms. The standard InChI is InChI=1S/C10H21NO3/c11-9-4-2-1-3-5-10(9)14-7-8(13)6-12/h8-10,12-13H,1-7,11H2. The fourth-order valence-corrected chi connectivity index (χ4v) is 1.80. The molecule has 1 fully saturated rings. The zero-order valence-corrected chi connectivity index (χ0v) is 8.56. The smallest absolute Gasteiger partial charge is 0.100 e. The van der Waals surface area contributed by atoms with Crippen molar-refractivity contribution in [3.63, 3.8) is 0 Å². The number of rotatable bonds is 4. The molecule has 84 valence electrons. The number of nitrogens with two attached hydrogens (primary N) is 1. The van der Waals surface area contributed by atoms with E-state index in [1.54, 1.807) is 0 Å². The summed E-state index contributed by atoms with van der Waals surface area (Å²) < 4.78 is 5.49. The Morgan fingerprint density at radius 3 is 2.71 bits per heavy atom. The summed E-state index contributed by atoms with van der Waals surface area (Å²) in [5.41, 5.74) is 5.94. The molecule has 1 aliphatic carbocycles. The molecule has 0 aliphatic heterocycles. The Balaban J connectivity index is 2.26. The first-order chi connectivity index (χ1) is 6.74. The fourth-order valence-electron chi connectivity index (χ4n) is 1.80. The second-order valence-corrected chi connectivity index (χ2v) is 4.01. The first-order valence-electron chi connectivity index (χ1n) is 5.40. The van der Waals surface area contributed by atoms with Gasteiger partial charge in [-0.3, -0.25) is 0 Å². The van der Waals surface area contributed by atoms with E-state index in [-0.39, 0.29) is 25.4 Å². The monoisotopic (exact) mass is 203 g/mol. The van der Waals surface area contributed by atoms with Crippen molar-refractivity contribution in [2.75, 3.05) is 13.2 Å². The summed E-state index contributed by atoms with van der Waals surface area (Å²) in [4.78, 5) is 0. The van der Waals surface area contributed by atoms with Crippen molar-refractivity contribution in [3.05, 3.63) is 0 Å². The zero-order valence-electron chi connectivity index (χ0n) is 8.56. The van der Waals surface area contributed by atoms with Gasteiger partial charge in [0, 0.05) is 6.04 Å². The highest BCUT2D eigenvalue weighted by Gasteiger charge is 2.21. The lowest BCUT2D eigenvalue weighted by Gasteiger charge is -2.22. The number of aliphatic hydroxyl groups excluding tert-OH is 2. The van der Waals surface area contributed by atoms with Gasteiger partial charge in [0.05, 0.1) is 19.3 Å². The first-order valence-corrected chi connectivity index (χ1v) is 5.40. The van der Waals surface area contributed by atoms with Crippen molar-refractivity contribution in [1.29, 1.82) is 0 Å². The maximum Gasteiger partial charge on any atom is 0.100 e. The Kier molecular flexibility index (Phi) is 5.40. The second-order valence-electron chi connectivity index (χ2n) is 4.01. The van der Waals surface area contributed by atoms with E-state index in [1.807, 2.05) is 0 Å². The van der Waals surface area contributed by atoms with Crippen LogP contribution in [0.25, 0.3) is 0 Å². The van der Waals surface area contributed by atoms with Gasteiger partial charge in [0.15, 0.2) is 0 Å². The van der Waals surface area contributed by atoms with Crippen LogP contribution in [-0.4, -0.2) is 41.7 Å². The molecular formula is C10H21NO3. The van der Waals surface area contributed by atoms with E-state index in [1.165, 1.54) is 12.8 Å². The van der Waals surface area contributed by atoms with Gasteiger partial charge < -0.3 is 20.7 Å². The lowest BCUT2D eigenvalue weighted by Crippen LogP contribution is -2.37. The minimum absolute atomic E-state index is 0.0544. The summed E-state index contributed by atoms with van der Waals surface area (Å²) in [5.74, 6) is 0. The summed E-state index contributed by atoms with van der Waals surface area (Å²) in [6.07, 6.45) is 4.79. The maximum absolute atomic E-state index is 9.13. The van der Waals surface area contributed by atoms with E-state index in [9.17, 15) is 0 Å². The highest BCUT2D eigenvalue weighted by molar-refractivity contribution is 4.77. The van der Waals surface area contributed by atoms with E-state index in [0.29, 0.717) is 0 Å². The molecule has 4 nitrogen and oxygen atoms in total. The summed E-state index contributed by atoms with van der Waals surface area (Å²) in [7, 11) is 0. The van der Waals surface area contributed by atoms with Crippen LogP contribution >= 0.6 is 0 Å². The molecule has 1 aliphatic rings. The molecule has 0 saturated heterocycles. The quantitative estimate of drug-likeness (QED) is 0.563. The van der Waals surface area contributed by atoms with Gasteiger partial charge >= 0.3 is 0 Å². The zero-order chi connectivity index (χ0) is 10.4. The summed E-state index contributed by atoms with van der Waals surface area (Å²) in [6.45, 7) is -0.0587. The van der Waals surface area contributed by atoms with E-state index in [4.69, 9.17) is 20.7 Å². The second kappa shape index (κ2) is 6.35. The average molecular weight is 203 g/mol. The molecule has 0 aromatic heterocycles. The van der Waals surface area contributed by atoms with Crippen LogP contribution < -0.4 is 5.73 Å². The van der Waals surface area contributed by atoms with Crippen LogP contribution in [0, 0.1) is 0 Å². The Bertz CT molecular complexity index is 154. The van der Waals surface area contributed by atoms with Crippen molar-refractivity contribution in [2.24, 2.45) is 5.73 Å². The summed E-state index contributed by atoms with van der Waals surface area (Å²) in [6, 6.07) is 0.0865. The molecule has 0 radical (unpaired) electrons. The Morgan fingerprint density at radius 1 is 1.29 bits per heavy atom. The van der Waals surface area contributed by atoms with Crippen LogP contribution in [0.4, 0.5) is 0 Å². The number of hydrogen-bond acceptors (Lipinski definition) is 4. The molecule has 14 heavy (non-hydrogen) atoms. The Labute approximate surface area is 85.1 Å². The van der Waals surface area contributed by atoms with Crippen molar-refractivity contribution < 1.29 is 14.9 Å². The van der Waals surface area contributed by atoms with Crippen LogP contribution in [0.5, 0.6) is 0 Å². The average Bonchev–Trinajstić information content (AvgIpc) is 2.39. The topological polar surface area (TPSA) is 75.7 Å². The van der Waals surface area contributed by atoms with Crippen LogP contribution in [-0.2, 0) is 4.74 Å². The van der Waals surface area contributed by atoms with Gasteiger partial charge in [-0.1, -0.05) is 19.3 Å².